The van der Waals surface area contributed by atoms with Crippen LogP contribution in [0.2, 0.25) is 0 Å². The molecular formula is C12H18N2O4S3. The third kappa shape index (κ3) is 3.77. The number of hydrogen-bond donors (Lipinski definition) is 1. The number of carbonyl (C=O) groups excluding carboxylic acids is 1. The Hall–Kier alpha value is -0.640. The van der Waals surface area contributed by atoms with Gasteiger partial charge in [-0.15, -0.1) is 11.3 Å². The topological polar surface area (TPSA) is 85.4 Å². The van der Waals surface area contributed by atoms with Crippen molar-refractivity contribution in [3.8, 4) is 0 Å². The highest BCUT2D eigenvalue weighted by Crippen LogP contribution is 2.29. The first-order chi connectivity index (χ1) is 9.99. The standard InChI is InChI=1S/C12H18N2O4S3/c1-18-11(15)10-12(20-7-13-10)21(16,17)14-8-5-3-4-6-9(8)19-2/h7-9,14H,3-6H2,1-2H3. The second kappa shape index (κ2) is 7.08. The van der Waals surface area contributed by atoms with Crippen LogP contribution >= 0.6 is 23.1 Å². The maximum atomic E-state index is 12.5. The number of methoxy groups -OCH3 is 1. The van der Waals surface area contributed by atoms with E-state index in [1.54, 1.807) is 11.8 Å². The molecule has 1 aromatic heterocycles. The first-order valence-corrected chi connectivity index (χ1v) is 10.2. The molecule has 0 radical (unpaired) electrons. The van der Waals surface area contributed by atoms with Crippen LogP contribution in [0.1, 0.15) is 36.2 Å². The normalized spacial score (nSPS) is 23.0. The molecule has 1 N–H and O–H groups in total. The molecule has 1 fully saturated rings. The van der Waals surface area contributed by atoms with Crippen LogP contribution in [-0.4, -0.2) is 44.0 Å². The van der Waals surface area contributed by atoms with Crippen LogP contribution in [0.25, 0.3) is 0 Å². The summed E-state index contributed by atoms with van der Waals surface area (Å²) in [5.41, 5.74) is 1.19. The van der Waals surface area contributed by atoms with Crippen molar-refractivity contribution in [1.29, 1.82) is 0 Å². The molecule has 2 unspecified atom stereocenters. The number of hydrogen-bond acceptors (Lipinski definition) is 7. The number of rotatable bonds is 5. The van der Waals surface area contributed by atoms with Crippen molar-refractivity contribution in [3.05, 3.63) is 11.2 Å². The highest BCUT2D eigenvalue weighted by molar-refractivity contribution is 7.99. The number of nitrogens with zero attached hydrogens (tertiary/aromatic N) is 1. The molecule has 0 bridgehead atoms. The van der Waals surface area contributed by atoms with Crippen molar-refractivity contribution < 1.29 is 17.9 Å². The Morgan fingerprint density at radius 2 is 2.19 bits per heavy atom. The van der Waals surface area contributed by atoms with E-state index in [2.05, 4.69) is 14.4 Å². The SMILES string of the molecule is COC(=O)c1ncsc1S(=O)(=O)NC1CCCCC1SC. The number of sulfonamides is 1. The summed E-state index contributed by atoms with van der Waals surface area (Å²) in [7, 11) is -2.55. The summed E-state index contributed by atoms with van der Waals surface area (Å²) in [6, 6.07) is -0.105. The monoisotopic (exact) mass is 350 g/mol. The Morgan fingerprint density at radius 3 is 2.86 bits per heavy atom. The Labute approximate surface area is 132 Å². The second-order valence-corrected chi connectivity index (χ2v) is 8.61. The quantitative estimate of drug-likeness (QED) is 0.816. The highest BCUT2D eigenvalue weighted by atomic mass is 32.2. The predicted octanol–water partition coefficient (Wildman–Crippen LogP) is 1.88. The fourth-order valence-corrected chi connectivity index (χ4v) is 5.91. The van der Waals surface area contributed by atoms with Gasteiger partial charge in [0.1, 0.15) is 0 Å². The molecule has 9 heteroatoms. The summed E-state index contributed by atoms with van der Waals surface area (Å²) in [5.74, 6) is -0.735. The number of thiazole rings is 1. The minimum absolute atomic E-state index is 0.0697. The molecule has 2 atom stereocenters. The van der Waals surface area contributed by atoms with E-state index >= 15 is 0 Å². The van der Waals surface area contributed by atoms with E-state index in [-0.39, 0.29) is 21.2 Å². The Bertz CT molecular complexity index is 599. The minimum Gasteiger partial charge on any atom is -0.464 e. The third-order valence-corrected chi connectivity index (χ3v) is 7.50. The van der Waals surface area contributed by atoms with E-state index in [0.717, 1.165) is 37.0 Å². The highest BCUT2D eigenvalue weighted by Gasteiger charge is 2.32. The lowest BCUT2D eigenvalue weighted by Crippen LogP contribution is -2.43. The van der Waals surface area contributed by atoms with Crippen molar-refractivity contribution in [1.82, 2.24) is 9.71 Å². The van der Waals surface area contributed by atoms with Crippen molar-refractivity contribution in [2.75, 3.05) is 13.4 Å². The number of aromatic nitrogens is 1. The lowest BCUT2D eigenvalue weighted by molar-refractivity contribution is 0.0590. The molecular weight excluding hydrogens is 332 g/mol. The van der Waals surface area contributed by atoms with E-state index < -0.39 is 16.0 Å². The number of thioether (sulfide) groups is 1. The molecule has 0 saturated heterocycles. The maximum Gasteiger partial charge on any atom is 0.358 e. The summed E-state index contributed by atoms with van der Waals surface area (Å²) >= 11 is 2.60. The first kappa shape index (κ1) is 16.7. The zero-order chi connectivity index (χ0) is 15.5. The van der Waals surface area contributed by atoms with Gasteiger partial charge in [0.05, 0.1) is 12.6 Å². The van der Waals surface area contributed by atoms with Gasteiger partial charge in [0.2, 0.25) is 0 Å². The van der Waals surface area contributed by atoms with Crippen molar-refractivity contribution >= 4 is 39.1 Å². The molecule has 1 saturated carbocycles. The summed E-state index contributed by atoms with van der Waals surface area (Å²) in [4.78, 5) is 15.4. The third-order valence-electron chi connectivity index (χ3n) is 3.47. The van der Waals surface area contributed by atoms with Crippen molar-refractivity contribution in [2.45, 2.75) is 41.2 Å². The molecule has 1 heterocycles. The van der Waals surface area contributed by atoms with Gasteiger partial charge < -0.3 is 4.74 Å². The number of carbonyl (C=O) groups is 1. The van der Waals surface area contributed by atoms with Gasteiger partial charge in [-0.25, -0.2) is 22.9 Å². The van der Waals surface area contributed by atoms with Gasteiger partial charge in [0.15, 0.2) is 9.90 Å². The van der Waals surface area contributed by atoms with Crippen LogP contribution in [0.4, 0.5) is 0 Å². The van der Waals surface area contributed by atoms with Gasteiger partial charge in [-0.2, -0.15) is 11.8 Å². The number of esters is 1. The van der Waals surface area contributed by atoms with E-state index in [9.17, 15) is 13.2 Å². The molecule has 0 aromatic carbocycles. The fraction of sp³-hybridized carbons (Fsp3) is 0.667. The molecule has 0 amide bonds. The molecule has 6 nitrogen and oxygen atoms in total. The number of nitrogens with one attached hydrogen (secondary N) is 1. The van der Waals surface area contributed by atoms with Crippen LogP contribution in [0.15, 0.2) is 9.72 Å². The molecule has 2 rings (SSSR count). The van der Waals surface area contributed by atoms with Gasteiger partial charge >= 0.3 is 5.97 Å². The maximum absolute atomic E-state index is 12.5. The Balaban J connectivity index is 2.22. The Morgan fingerprint density at radius 1 is 1.48 bits per heavy atom. The fourth-order valence-electron chi connectivity index (χ4n) is 2.43. The summed E-state index contributed by atoms with van der Waals surface area (Å²) in [5, 5.41) is 0.267. The van der Waals surface area contributed by atoms with Crippen LogP contribution in [0, 0.1) is 0 Å². The summed E-state index contributed by atoms with van der Waals surface area (Å²) in [6.07, 6.45) is 5.94. The van der Waals surface area contributed by atoms with E-state index in [4.69, 9.17) is 0 Å². The molecule has 0 aliphatic heterocycles. The smallest absolute Gasteiger partial charge is 0.358 e. The van der Waals surface area contributed by atoms with E-state index in [0.29, 0.717) is 0 Å². The van der Waals surface area contributed by atoms with Gasteiger partial charge in [-0.3, -0.25) is 0 Å². The van der Waals surface area contributed by atoms with Crippen molar-refractivity contribution in [3.63, 3.8) is 0 Å². The molecule has 118 valence electrons. The molecule has 1 aliphatic rings. The largest absolute Gasteiger partial charge is 0.464 e. The predicted molar refractivity (Wildman–Crippen MR) is 83.3 cm³/mol. The number of ether oxygens (including phenoxy) is 1. The Kier molecular flexibility index (Phi) is 5.64. The lowest BCUT2D eigenvalue weighted by atomic mass is 9.96. The van der Waals surface area contributed by atoms with Crippen LogP contribution in [0.3, 0.4) is 0 Å². The van der Waals surface area contributed by atoms with Crippen LogP contribution < -0.4 is 4.72 Å². The minimum atomic E-state index is -3.75. The average Bonchev–Trinajstić information content (AvgIpc) is 2.97. The lowest BCUT2D eigenvalue weighted by Gasteiger charge is -2.30. The molecule has 1 aliphatic carbocycles. The molecule has 1 aromatic rings. The van der Waals surface area contributed by atoms with Gasteiger partial charge in [0.25, 0.3) is 10.0 Å². The first-order valence-electron chi connectivity index (χ1n) is 6.56. The molecule has 0 spiro atoms. The van der Waals surface area contributed by atoms with E-state index in [1.807, 2.05) is 6.26 Å². The van der Waals surface area contributed by atoms with Crippen LogP contribution in [0.5, 0.6) is 0 Å². The van der Waals surface area contributed by atoms with E-state index in [1.165, 1.54) is 12.6 Å². The zero-order valence-corrected chi connectivity index (χ0v) is 14.3. The summed E-state index contributed by atoms with van der Waals surface area (Å²) in [6.45, 7) is 0. The van der Waals surface area contributed by atoms with Gasteiger partial charge in [0, 0.05) is 11.3 Å². The summed E-state index contributed by atoms with van der Waals surface area (Å²) < 4.78 is 32.2. The zero-order valence-electron chi connectivity index (χ0n) is 11.9. The van der Waals surface area contributed by atoms with Gasteiger partial charge in [-0.05, 0) is 19.1 Å². The van der Waals surface area contributed by atoms with Gasteiger partial charge in [-0.1, -0.05) is 12.8 Å². The van der Waals surface area contributed by atoms with Crippen LogP contribution in [-0.2, 0) is 14.8 Å². The second-order valence-electron chi connectivity index (χ2n) is 4.77. The van der Waals surface area contributed by atoms with Crippen molar-refractivity contribution in [2.24, 2.45) is 0 Å². The molecule has 21 heavy (non-hydrogen) atoms. The average molecular weight is 350 g/mol.